The van der Waals surface area contributed by atoms with E-state index < -0.39 is 6.10 Å². The Hall–Kier alpha value is -3.40. The molecule has 0 spiro atoms. The molecule has 3 aromatic rings. The Labute approximate surface area is 132 Å². The Kier molecular flexibility index (Phi) is 3.89. The number of anilines is 1. The highest BCUT2D eigenvalue weighted by molar-refractivity contribution is 5.94. The monoisotopic (exact) mass is 307 g/mol. The minimum Gasteiger partial charge on any atom is -0.382 e. The molecule has 0 fully saturated rings. The number of hydrogen-bond acceptors (Lipinski definition) is 5. The lowest BCUT2D eigenvalue weighted by Crippen LogP contribution is -2.35. The van der Waals surface area contributed by atoms with Crippen molar-refractivity contribution in [2.24, 2.45) is 0 Å². The molecule has 0 unspecified atom stereocenters. The van der Waals surface area contributed by atoms with Crippen molar-refractivity contribution in [3.05, 3.63) is 54.1 Å². The highest BCUT2D eigenvalue weighted by Gasteiger charge is 2.17. The SMILES string of the molecule is C[C@@H](On1nnc2ccccc21)C(=O)Nc1cccc(C#N)c1. The summed E-state index contributed by atoms with van der Waals surface area (Å²) in [5.74, 6) is -0.348. The summed E-state index contributed by atoms with van der Waals surface area (Å²) >= 11 is 0. The van der Waals surface area contributed by atoms with Crippen molar-refractivity contribution in [3.8, 4) is 6.07 Å². The fourth-order valence-electron chi connectivity index (χ4n) is 2.03. The van der Waals surface area contributed by atoms with Gasteiger partial charge in [0.15, 0.2) is 0 Å². The number of hydrogen-bond donors (Lipinski definition) is 1. The van der Waals surface area contributed by atoms with Crippen molar-refractivity contribution < 1.29 is 9.63 Å². The van der Waals surface area contributed by atoms with Crippen molar-refractivity contribution in [1.82, 2.24) is 15.2 Å². The van der Waals surface area contributed by atoms with E-state index in [4.69, 9.17) is 10.1 Å². The van der Waals surface area contributed by atoms with E-state index in [0.29, 0.717) is 22.3 Å². The molecular weight excluding hydrogens is 294 g/mol. The minimum absolute atomic E-state index is 0.348. The smallest absolute Gasteiger partial charge is 0.267 e. The summed E-state index contributed by atoms with van der Waals surface area (Å²) in [5, 5.41) is 19.4. The van der Waals surface area contributed by atoms with Gasteiger partial charge in [-0.05, 0) is 42.5 Å². The zero-order valence-corrected chi connectivity index (χ0v) is 12.3. The molecule has 7 nitrogen and oxygen atoms in total. The molecule has 1 aromatic heterocycles. The number of nitriles is 1. The number of fused-ring (bicyclic) bond motifs is 1. The third-order valence-electron chi connectivity index (χ3n) is 3.21. The number of carbonyl (C=O) groups is 1. The summed E-state index contributed by atoms with van der Waals surface area (Å²) in [6.07, 6.45) is -0.786. The number of amides is 1. The van der Waals surface area contributed by atoms with Gasteiger partial charge in [0, 0.05) is 5.69 Å². The molecule has 0 aliphatic carbocycles. The predicted octanol–water partition coefficient (Wildman–Crippen LogP) is 1.76. The maximum atomic E-state index is 12.2. The van der Waals surface area contributed by atoms with Gasteiger partial charge in [0.05, 0.1) is 11.6 Å². The first-order valence-corrected chi connectivity index (χ1v) is 6.96. The Morgan fingerprint density at radius 1 is 1.30 bits per heavy atom. The zero-order valence-electron chi connectivity index (χ0n) is 12.3. The highest BCUT2D eigenvalue weighted by Crippen LogP contribution is 2.11. The average Bonchev–Trinajstić information content (AvgIpc) is 2.98. The van der Waals surface area contributed by atoms with Crippen LogP contribution in [0, 0.1) is 11.3 Å². The first-order chi connectivity index (χ1) is 11.2. The molecule has 0 radical (unpaired) electrons. The van der Waals surface area contributed by atoms with Crippen molar-refractivity contribution >= 4 is 22.6 Å². The van der Waals surface area contributed by atoms with Crippen molar-refractivity contribution in [1.29, 1.82) is 5.26 Å². The van der Waals surface area contributed by atoms with Crippen LogP contribution in [0.1, 0.15) is 12.5 Å². The summed E-state index contributed by atoms with van der Waals surface area (Å²) in [7, 11) is 0. The number of aromatic nitrogens is 3. The maximum Gasteiger partial charge on any atom is 0.267 e. The Morgan fingerprint density at radius 3 is 2.96 bits per heavy atom. The van der Waals surface area contributed by atoms with Gasteiger partial charge in [-0.2, -0.15) is 5.26 Å². The minimum atomic E-state index is -0.786. The molecular formula is C16H13N5O2. The highest BCUT2D eigenvalue weighted by atomic mass is 16.7. The fourth-order valence-corrected chi connectivity index (χ4v) is 2.03. The standard InChI is InChI=1S/C16H13N5O2/c1-11(16(22)18-13-6-4-5-12(9-13)10-17)23-21-15-8-3-2-7-14(15)19-20-21/h2-9,11H,1H3,(H,18,22)/t11-/m1/s1. The Morgan fingerprint density at radius 2 is 2.13 bits per heavy atom. The van der Waals surface area contributed by atoms with Crippen LogP contribution in [0.25, 0.3) is 11.0 Å². The summed E-state index contributed by atoms with van der Waals surface area (Å²) in [6.45, 7) is 1.61. The molecule has 0 bridgehead atoms. The molecule has 1 heterocycles. The van der Waals surface area contributed by atoms with Gasteiger partial charge in [-0.3, -0.25) is 4.79 Å². The van der Waals surface area contributed by atoms with Crippen LogP contribution in [0.5, 0.6) is 0 Å². The topological polar surface area (TPSA) is 92.8 Å². The lowest BCUT2D eigenvalue weighted by Gasteiger charge is -2.13. The molecule has 0 saturated carbocycles. The van der Waals surface area contributed by atoms with E-state index in [1.165, 1.54) is 4.85 Å². The number of carbonyl (C=O) groups excluding carboxylic acids is 1. The van der Waals surface area contributed by atoms with Crippen molar-refractivity contribution in [2.45, 2.75) is 13.0 Å². The van der Waals surface area contributed by atoms with E-state index in [1.54, 1.807) is 43.3 Å². The Balaban J connectivity index is 1.71. The van der Waals surface area contributed by atoms with Crippen LogP contribution in [-0.2, 0) is 4.79 Å². The van der Waals surface area contributed by atoms with E-state index in [-0.39, 0.29) is 5.91 Å². The van der Waals surface area contributed by atoms with Crippen LogP contribution in [-0.4, -0.2) is 27.2 Å². The molecule has 3 rings (SSSR count). The molecule has 7 heteroatoms. The van der Waals surface area contributed by atoms with Gasteiger partial charge in [0.1, 0.15) is 11.0 Å². The van der Waals surface area contributed by atoms with Crippen molar-refractivity contribution in [2.75, 3.05) is 5.32 Å². The van der Waals surface area contributed by atoms with Crippen LogP contribution < -0.4 is 10.2 Å². The number of rotatable bonds is 4. The van der Waals surface area contributed by atoms with Gasteiger partial charge in [0.25, 0.3) is 5.91 Å². The normalized spacial score (nSPS) is 11.7. The van der Waals surface area contributed by atoms with Crippen LogP contribution in [0.2, 0.25) is 0 Å². The molecule has 114 valence electrons. The molecule has 0 aliphatic heterocycles. The van der Waals surface area contributed by atoms with Crippen molar-refractivity contribution in [3.63, 3.8) is 0 Å². The molecule has 1 N–H and O–H groups in total. The molecule has 0 aliphatic rings. The van der Waals surface area contributed by atoms with Crippen LogP contribution >= 0.6 is 0 Å². The van der Waals surface area contributed by atoms with Gasteiger partial charge in [0.2, 0.25) is 6.10 Å². The Bertz CT molecular complexity index is 897. The summed E-state index contributed by atoms with van der Waals surface area (Å²) < 4.78 is 0. The van der Waals surface area contributed by atoms with Crippen LogP contribution in [0.4, 0.5) is 5.69 Å². The van der Waals surface area contributed by atoms with Gasteiger partial charge in [-0.1, -0.05) is 23.0 Å². The molecule has 23 heavy (non-hydrogen) atoms. The third-order valence-corrected chi connectivity index (χ3v) is 3.21. The van der Waals surface area contributed by atoms with Crippen LogP contribution in [0.15, 0.2) is 48.5 Å². The second kappa shape index (κ2) is 6.15. The summed E-state index contributed by atoms with van der Waals surface area (Å²) in [5.41, 5.74) is 2.37. The van der Waals surface area contributed by atoms with Gasteiger partial charge < -0.3 is 10.2 Å². The second-order valence-electron chi connectivity index (χ2n) is 4.88. The maximum absolute atomic E-state index is 12.2. The lowest BCUT2D eigenvalue weighted by molar-refractivity contribution is -0.127. The third kappa shape index (κ3) is 3.11. The van der Waals surface area contributed by atoms with E-state index in [1.807, 2.05) is 18.2 Å². The number of para-hydroxylation sites is 1. The quantitative estimate of drug-likeness (QED) is 0.792. The summed E-state index contributed by atoms with van der Waals surface area (Å²) in [6, 6.07) is 16.0. The van der Waals surface area contributed by atoms with Gasteiger partial charge >= 0.3 is 0 Å². The first kappa shape index (κ1) is 14.5. The van der Waals surface area contributed by atoms with Gasteiger partial charge in [-0.25, -0.2) is 0 Å². The first-order valence-electron chi connectivity index (χ1n) is 6.96. The molecule has 0 saturated heterocycles. The van der Waals surface area contributed by atoms with Gasteiger partial charge in [-0.15, -0.1) is 5.10 Å². The lowest BCUT2D eigenvalue weighted by atomic mass is 10.2. The largest absolute Gasteiger partial charge is 0.382 e. The number of nitrogens with one attached hydrogen (secondary N) is 1. The zero-order chi connectivity index (χ0) is 16.2. The molecule has 1 amide bonds. The molecule has 1 atom stereocenters. The van der Waals surface area contributed by atoms with E-state index in [2.05, 4.69) is 15.6 Å². The van der Waals surface area contributed by atoms with Crippen LogP contribution in [0.3, 0.4) is 0 Å². The number of nitrogens with zero attached hydrogens (tertiary/aromatic N) is 4. The predicted molar refractivity (Wildman–Crippen MR) is 83.4 cm³/mol. The van der Waals surface area contributed by atoms with E-state index in [9.17, 15) is 4.79 Å². The average molecular weight is 307 g/mol. The number of benzene rings is 2. The van der Waals surface area contributed by atoms with E-state index >= 15 is 0 Å². The fraction of sp³-hybridized carbons (Fsp3) is 0.125. The van der Waals surface area contributed by atoms with E-state index in [0.717, 1.165) is 0 Å². The molecule has 2 aromatic carbocycles. The summed E-state index contributed by atoms with van der Waals surface area (Å²) in [4.78, 5) is 18.9. The second-order valence-corrected chi connectivity index (χ2v) is 4.88.